The summed E-state index contributed by atoms with van der Waals surface area (Å²) in [5.74, 6) is -2.18. The van der Waals surface area contributed by atoms with Crippen LogP contribution in [0.1, 0.15) is 75.7 Å². The Morgan fingerprint density at radius 3 is 2.40 bits per heavy atom. The minimum absolute atomic E-state index is 0.0491. The van der Waals surface area contributed by atoms with Crippen molar-refractivity contribution in [3.05, 3.63) is 118 Å². The van der Waals surface area contributed by atoms with Gasteiger partial charge < -0.3 is 27.2 Å². The van der Waals surface area contributed by atoms with Crippen LogP contribution in [0.4, 0.5) is 11.4 Å². The zero-order valence-corrected chi connectivity index (χ0v) is 23.9. The number of hydrogen-bond acceptors (Lipinski definition) is 5. The van der Waals surface area contributed by atoms with Crippen molar-refractivity contribution in [1.82, 2.24) is 0 Å². The fourth-order valence-electron chi connectivity index (χ4n) is 5.99. The molecule has 1 aliphatic heterocycles. The number of amides is 2. The molecule has 0 aliphatic carbocycles. The molecular formula is C34H33N5O4. The Labute approximate surface area is 249 Å². The average molecular weight is 576 g/mol. The molecule has 2 unspecified atom stereocenters. The molecule has 2 atom stereocenters. The van der Waals surface area contributed by atoms with Crippen LogP contribution < -0.4 is 22.1 Å². The van der Waals surface area contributed by atoms with E-state index in [1.54, 1.807) is 49.4 Å². The van der Waals surface area contributed by atoms with Crippen molar-refractivity contribution in [3.63, 3.8) is 0 Å². The van der Waals surface area contributed by atoms with Gasteiger partial charge in [0.05, 0.1) is 11.6 Å². The van der Waals surface area contributed by atoms with Crippen molar-refractivity contribution in [1.29, 1.82) is 5.41 Å². The highest BCUT2D eigenvalue weighted by atomic mass is 16.4. The monoisotopic (exact) mass is 575 g/mol. The summed E-state index contributed by atoms with van der Waals surface area (Å²) >= 11 is 0. The Morgan fingerprint density at radius 2 is 1.74 bits per heavy atom. The third-order valence-corrected chi connectivity index (χ3v) is 8.13. The molecule has 0 fully saturated rings. The first-order valence-electron chi connectivity index (χ1n) is 13.9. The van der Waals surface area contributed by atoms with Crippen molar-refractivity contribution in [2.24, 2.45) is 11.5 Å². The minimum Gasteiger partial charge on any atom is -0.478 e. The predicted molar refractivity (Wildman–Crippen MR) is 168 cm³/mol. The number of amidine groups is 1. The molecule has 0 bridgehead atoms. The number of primary amides is 1. The largest absolute Gasteiger partial charge is 0.478 e. The lowest BCUT2D eigenvalue weighted by Crippen LogP contribution is -2.36. The summed E-state index contributed by atoms with van der Waals surface area (Å²) in [4.78, 5) is 37.9. The van der Waals surface area contributed by atoms with Gasteiger partial charge in [-0.3, -0.25) is 15.0 Å². The molecule has 0 saturated heterocycles. The van der Waals surface area contributed by atoms with Crippen LogP contribution in [0.25, 0.3) is 11.1 Å². The van der Waals surface area contributed by atoms with Crippen LogP contribution in [-0.4, -0.2) is 28.7 Å². The number of carboxylic acid groups (broad SMARTS) is 1. The number of rotatable bonds is 8. The Kier molecular flexibility index (Phi) is 7.74. The molecule has 0 aromatic heterocycles. The van der Waals surface area contributed by atoms with Crippen molar-refractivity contribution in [3.8, 4) is 11.1 Å². The van der Waals surface area contributed by atoms with Crippen LogP contribution >= 0.6 is 0 Å². The van der Waals surface area contributed by atoms with E-state index in [-0.39, 0.29) is 28.4 Å². The maximum atomic E-state index is 13.1. The molecule has 2 amide bonds. The summed E-state index contributed by atoms with van der Waals surface area (Å²) < 4.78 is 0. The normalized spacial score (nSPS) is 17.3. The molecular weight excluding hydrogens is 542 g/mol. The topological polar surface area (TPSA) is 171 Å². The molecule has 0 radical (unpaired) electrons. The smallest absolute Gasteiger partial charge is 0.336 e. The summed E-state index contributed by atoms with van der Waals surface area (Å²) in [7, 11) is 0. The van der Waals surface area contributed by atoms with Gasteiger partial charge in [0.1, 0.15) is 5.84 Å². The highest BCUT2D eigenvalue weighted by molar-refractivity contribution is 6.04. The number of fused-ring (bicyclic) bond motifs is 1. The molecule has 43 heavy (non-hydrogen) atoms. The molecule has 4 aromatic carbocycles. The molecule has 218 valence electrons. The van der Waals surface area contributed by atoms with Crippen molar-refractivity contribution in [2.75, 3.05) is 10.6 Å². The lowest BCUT2D eigenvalue weighted by molar-refractivity contribution is -0.115. The van der Waals surface area contributed by atoms with Gasteiger partial charge in [0.25, 0.3) is 0 Å². The minimum atomic E-state index is -1.21. The Balaban J connectivity index is 1.74. The van der Waals surface area contributed by atoms with Gasteiger partial charge in [-0.1, -0.05) is 62.4 Å². The Hall–Kier alpha value is -5.44. The van der Waals surface area contributed by atoms with E-state index in [0.29, 0.717) is 35.2 Å². The first-order valence-corrected chi connectivity index (χ1v) is 13.9. The first kappa shape index (κ1) is 29.1. The number of carboxylic acids is 1. The van der Waals surface area contributed by atoms with Crippen LogP contribution in [0.15, 0.2) is 84.9 Å². The fraction of sp³-hybridized carbons (Fsp3) is 0.176. The molecule has 9 nitrogen and oxygen atoms in total. The highest BCUT2D eigenvalue weighted by Crippen LogP contribution is 2.50. The summed E-state index contributed by atoms with van der Waals surface area (Å²) in [6.07, 6.45) is 0.674. The standard InChI is InChI=1S/C34H33N5O4/c1-3-28(40)38-22-11-7-8-19(16-22)23-13-14-24(32(37)41)29(30(23)33(42)43)27-18-34(2,21-9-5-4-6-10-21)25-17-20(31(35)36)12-15-26(25)39-27/h4-17,27,39H,3,18H2,1-2H3,(H3,35,36)(H2,37,41)(H,38,40)(H,42,43). The molecule has 4 aromatic rings. The maximum absolute atomic E-state index is 13.1. The Morgan fingerprint density at radius 1 is 1.00 bits per heavy atom. The Bertz CT molecular complexity index is 1770. The van der Waals surface area contributed by atoms with Gasteiger partial charge in [-0.25, -0.2) is 4.79 Å². The van der Waals surface area contributed by atoms with Gasteiger partial charge >= 0.3 is 5.97 Å². The summed E-state index contributed by atoms with van der Waals surface area (Å²) in [6.45, 7) is 3.81. The van der Waals surface area contributed by atoms with Crippen molar-refractivity contribution in [2.45, 2.75) is 38.1 Å². The molecule has 5 rings (SSSR count). The van der Waals surface area contributed by atoms with E-state index >= 15 is 0 Å². The maximum Gasteiger partial charge on any atom is 0.336 e. The van der Waals surface area contributed by atoms with Gasteiger partial charge in [-0.05, 0) is 65.1 Å². The van der Waals surface area contributed by atoms with Gasteiger partial charge in [-0.15, -0.1) is 0 Å². The van der Waals surface area contributed by atoms with E-state index in [0.717, 1.165) is 16.8 Å². The fourth-order valence-corrected chi connectivity index (χ4v) is 5.99. The third kappa shape index (κ3) is 5.44. The van der Waals surface area contributed by atoms with E-state index in [9.17, 15) is 19.5 Å². The lowest BCUT2D eigenvalue weighted by Gasteiger charge is -2.42. The molecule has 0 spiro atoms. The zero-order chi connectivity index (χ0) is 30.9. The number of nitrogens with two attached hydrogens (primary N) is 2. The first-order chi connectivity index (χ1) is 20.5. The third-order valence-electron chi connectivity index (χ3n) is 8.13. The second-order valence-electron chi connectivity index (χ2n) is 10.9. The van der Waals surface area contributed by atoms with Crippen LogP contribution in [0, 0.1) is 5.41 Å². The molecule has 0 saturated carbocycles. The van der Waals surface area contributed by atoms with E-state index in [4.69, 9.17) is 16.9 Å². The summed E-state index contributed by atoms with van der Waals surface area (Å²) in [5, 5.41) is 24.9. The molecule has 1 heterocycles. The van der Waals surface area contributed by atoms with E-state index in [1.807, 2.05) is 42.5 Å². The van der Waals surface area contributed by atoms with E-state index < -0.39 is 23.3 Å². The van der Waals surface area contributed by atoms with Gasteiger partial charge in [0, 0.05) is 39.9 Å². The van der Waals surface area contributed by atoms with Gasteiger partial charge in [-0.2, -0.15) is 0 Å². The van der Waals surface area contributed by atoms with E-state index in [1.165, 1.54) is 0 Å². The van der Waals surface area contributed by atoms with Crippen LogP contribution in [-0.2, 0) is 10.2 Å². The number of hydrogen-bond donors (Lipinski definition) is 6. The number of benzene rings is 4. The van der Waals surface area contributed by atoms with Crippen molar-refractivity contribution >= 4 is 35.0 Å². The average Bonchev–Trinajstić information content (AvgIpc) is 3.00. The SMILES string of the molecule is CCC(=O)Nc1cccc(-c2ccc(C(N)=O)c(C3CC(C)(c4ccccc4)c4cc(C(=N)N)ccc4N3)c2C(=O)O)c1. The molecule has 8 N–H and O–H groups in total. The number of carbonyl (C=O) groups is 3. The summed E-state index contributed by atoms with van der Waals surface area (Å²) in [6, 6.07) is 24.7. The highest BCUT2D eigenvalue weighted by Gasteiger charge is 2.41. The van der Waals surface area contributed by atoms with Gasteiger partial charge in [0.15, 0.2) is 0 Å². The lowest BCUT2D eigenvalue weighted by atomic mass is 9.67. The summed E-state index contributed by atoms with van der Waals surface area (Å²) in [5.41, 5.74) is 16.1. The second kappa shape index (κ2) is 11.4. The molecule has 9 heteroatoms. The number of nitrogens with one attached hydrogen (secondary N) is 3. The van der Waals surface area contributed by atoms with Crippen LogP contribution in [0.2, 0.25) is 0 Å². The van der Waals surface area contributed by atoms with Crippen molar-refractivity contribution < 1.29 is 19.5 Å². The van der Waals surface area contributed by atoms with Gasteiger partial charge in [0.2, 0.25) is 11.8 Å². The number of aromatic carboxylic acids is 1. The van der Waals surface area contributed by atoms with E-state index in [2.05, 4.69) is 17.6 Å². The van der Waals surface area contributed by atoms with Crippen LogP contribution in [0.3, 0.4) is 0 Å². The number of carbonyl (C=O) groups excluding carboxylic acids is 2. The predicted octanol–water partition coefficient (Wildman–Crippen LogP) is 5.65. The quantitative estimate of drug-likeness (QED) is 0.117. The zero-order valence-electron chi connectivity index (χ0n) is 23.9. The number of anilines is 2. The second-order valence-corrected chi connectivity index (χ2v) is 10.9. The van der Waals surface area contributed by atoms with Crippen LogP contribution in [0.5, 0.6) is 0 Å². The number of nitrogen functional groups attached to an aromatic ring is 1. The molecule has 1 aliphatic rings.